The summed E-state index contributed by atoms with van der Waals surface area (Å²) >= 11 is 0. The van der Waals surface area contributed by atoms with Crippen molar-refractivity contribution in [2.45, 2.75) is 51.7 Å². The lowest BCUT2D eigenvalue weighted by molar-refractivity contribution is -0.163. The number of halogens is 2. The van der Waals surface area contributed by atoms with Crippen molar-refractivity contribution in [3.8, 4) is 0 Å². The van der Waals surface area contributed by atoms with Crippen molar-refractivity contribution in [1.82, 2.24) is 4.90 Å². The van der Waals surface area contributed by atoms with Gasteiger partial charge in [-0.2, -0.15) is 0 Å². The third kappa shape index (κ3) is 4.13. The zero-order valence-corrected chi connectivity index (χ0v) is 16.1. The number of carbonyl (C=O) groups is 4. The molecule has 0 unspecified atom stereocenters. The molecule has 3 rings (SSSR count). The van der Waals surface area contributed by atoms with E-state index in [1.165, 1.54) is 13.8 Å². The number of imide groups is 1. The molecule has 29 heavy (non-hydrogen) atoms. The number of hydrogen-bond donors (Lipinski definition) is 1. The highest BCUT2D eigenvalue weighted by Crippen LogP contribution is 2.39. The molecule has 1 N–H and O–H groups in total. The first kappa shape index (κ1) is 20.9. The number of esters is 1. The van der Waals surface area contributed by atoms with E-state index < -0.39 is 47.5 Å². The minimum absolute atomic E-state index is 0.263. The van der Waals surface area contributed by atoms with Gasteiger partial charge < -0.3 is 10.1 Å². The van der Waals surface area contributed by atoms with E-state index in [1.807, 2.05) is 0 Å². The number of fused-ring (bicyclic) bond motifs is 1. The summed E-state index contributed by atoms with van der Waals surface area (Å²) < 4.78 is 31.7. The van der Waals surface area contributed by atoms with Crippen LogP contribution in [0.15, 0.2) is 18.2 Å². The maximum atomic E-state index is 13.7. The monoisotopic (exact) mass is 408 g/mol. The minimum atomic E-state index is -1.32. The third-order valence-corrected chi connectivity index (χ3v) is 5.45. The van der Waals surface area contributed by atoms with Crippen LogP contribution in [0.25, 0.3) is 0 Å². The van der Waals surface area contributed by atoms with Crippen molar-refractivity contribution < 1.29 is 32.7 Å². The molecular formula is C20H22F2N2O5. The van der Waals surface area contributed by atoms with Gasteiger partial charge in [0.15, 0.2) is 6.10 Å². The molecule has 2 aliphatic rings. The fraction of sp³-hybridized carbons (Fsp3) is 0.500. The van der Waals surface area contributed by atoms with Gasteiger partial charge in [0.25, 0.3) is 5.91 Å². The maximum Gasteiger partial charge on any atom is 0.329 e. The molecule has 7 nitrogen and oxygen atoms in total. The number of carbonyl (C=O) groups excluding carboxylic acids is 4. The molecule has 4 atom stereocenters. The van der Waals surface area contributed by atoms with Crippen LogP contribution in [0.3, 0.4) is 0 Å². The lowest BCUT2D eigenvalue weighted by Gasteiger charge is -2.23. The second-order valence-corrected chi connectivity index (χ2v) is 7.41. The lowest BCUT2D eigenvalue weighted by Crippen LogP contribution is -2.46. The first-order valence-corrected chi connectivity index (χ1v) is 9.54. The Kier molecular flexibility index (Phi) is 5.95. The van der Waals surface area contributed by atoms with Crippen LogP contribution in [0.5, 0.6) is 0 Å². The fourth-order valence-corrected chi connectivity index (χ4v) is 3.83. The van der Waals surface area contributed by atoms with E-state index in [0.717, 1.165) is 29.9 Å². The van der Waals surface area contributed by atoms with Crippen LogP contribution < -0.4 is 5.32 Å². The number of nitrogens with one attached hydrogen (secondary N) is 1. The number of nitrogens with zero attached hydrogens (tertiary/aromatic N) is 1. The van der Waals surface area contributed by atoms with E-state index in [4.69, 9.17) is 4.74 Å². The van der Waals surface area contributed by atoms with E-state index in [2.05, 4.69) is 5.32 Å². The first-order valence-electron chi connectivity index (χ1n) is 9.54. The molecule has 0 radical (unpaired) electrons. The third-order valence-electron chi connectivity index (χ3n) is 5.45. The van der Waals surface area contributed by atoms with Crippen LogP contribution in [-0.4, -0.2) is 40.7 Å². The van der Waals surface area contributed by atoms with E-state index in [0.29, 0.717) is 18.9 Å². The summed E-state index contributed by atoms with van der Waals surface area (Å²) in [6.45, 7) is 2.65. The van der Waals surface area contributed by atoms with Gasteiger partial charge in [-0.3, -0.25) is 19.3 Å². The van der Waals surface area contributed by atoms with Crippen molar-refractivity contribution in [3.63, 3.8) is 0 Å². The van der Waals surface area contributed by atoms with Crippen molar-refractivity contribution in [3.05, 3.63) is 29.8 Å². The summed E-state index contributed by atoms with van der Waals surface area (Å²) in [5.41, 5.74) is -0.263. The van der Waals surface area contributed by atoms with Gasteiger partial charge in [-0.15, -0.1) is 0 Å². The van der Waals surface area contributed by atoms with E-state index >= 15 is 0 Å². The molecule has 1 saturated carbocycles. The van der Waals surface area contributed by atoms with Crippen LogP contribution in [0.1, 0.15) is 39.5 Å². The smallest absolute Gasteiger partial charge is 0.329 e. The molecule has 0 bridgehead atoms. The topological polar surface area (TPSA) is 92.8 Å². The maximum absolute atomic E-state index is 13.7. The Morgan fingerprint density at radius 3 is 2.24 bits per heavy atom. The number of amides is 3. The fourth-order valence-electron chi connectivity index (χ4n) is 3.83. The highest BCUT2D eigenvalue weighted by molar-refractivity contribution is 6.08. The molecular weight excluding hydrogens is 386 g/mol. The molecule has 1 saturated heterocycles. The van der Waals surface area contributed by atoms with Gasteiger partial charge in [-0.05, 0) is 38.8 Å². The number of rotatable bonds is 5. The zero-order chi connectivity index (χ0) is 21.3. The predicted octanol–water partition coefficient (Wildman–Crippen LogP) is 2.40. The Hall–Kier alpha value is -2.84. The van der Waals surface area contributed by atoms with Gasteiger partial charge in [-0.25, -0.2) is 13.6 Å². The molecule has 1 heterocycles. The number of anilines is 1. The Labute approximate surface area is 166 Å². The number of ether oxygens (including phenoxy) is 1. The normalized spacial score (nSPS) is 23.4. The summed E-state index contributed by atoms with van der Waals surface area (Å²) in [6.07, 6.45) is 1.66. The summed E-state index contributed by atoms with van der Waals surface area (Å²) in [7, 11) is 0. The van der Waals surface area contributed by atoms with Crippen LogP contribution in [0.2, 0.25) is 0 Å². The van der Waals surface area contributed by atoms with Crippen LogP contribution in [0.4, 0.5) is 14.5 Å². The Morgan fingerprint density at radius 1 is 1.10 bits per heavy atom. The van der Waals surface area contributed by atoms with Crippen molar-refractivity contribution >= 4 is 29.4 Å². The van der Waals surface area contributed by atoms with Crippen molar-refractivity contribution in [2.75, 3.05) is 5.32 Å². The Balaban J connectivity index is 1.62. The lowest BCUT2D eigenvalue weighted by atomic mass is 9.81. The van der Waals surface area contributed by atoms with E-state index in [9.17, 15) is 28.0 Å². The largest absolute Gasteiger partial charge is 0.451 e. The summed E-state index contributed by atoms with van der Waals surface area (Å²) in [5.74, 6) is -5.06. The first-order chi connectivity index (χ1) is 13.7. The van der Waals surface area contributed by atoms with Gasteiger partial charge in [0.05, 0.1) is 17.5 Å². The van der Waals surface area contributed by atoms with Crippen molar-refractivity contribution in [2.24, 2.45) is 11.8 Å². The van der Waals surface area contributed by atoms with Crippen LogP contribution in [0, 0.1) is 23.5 Å². The Bertz CT molecular complexity index is 835. The highest BCUT2D eigenvalue weighted by Gasteiger charge is 2.51. The predicted molar refractivity (Wildman–Crippen MR) is 97.3 cm³/mol. The molecule has 1 aliphatic carbocycles. The minimum Gasteiger partial charge on any atom is -0.451 e. The summed E-state index contributed by atoms with van der Waals surface area (Å²) in [5, 5.41) is 2.20. The van der Waals surface area contributed by atoms with Gasteiger partial charge in [0, 0.05) is 6.07 Å². The average Bonchev–Trinajstić information content (AvgIpc) is 2.94. The quantitative estimate of drug-likeness (QED) is 0.597. The van der Waals surface area contributed by atoms with Gasteiger partial charge in [0.2, 0.25) is 11.8 Å². The standard InChI is InChI=1S/C20H22F2N2O5/c1-10(24-18(26)13-5-3-4-6-14(13)19(24)27)20(28)29-11(2)17(25)23-16-8-7-12(21)9-15(16)22/h7-11,13-14H,3-6H2,1-2H3,(H,23,25)/t10-,11-,13-,14-/m0/s1. The van der Waals surface area contributed by atoms with Gasteiger partial charge in [0.1, 0.15) is 17.7 Å². The van der Waals surface area contributed by atoms with E-state index in [1.54, 1.807) is 0 Å². The highest BCUT2D eigenvalue weighted by atomic mass is 19.1. The molecule has 156 valence electrons. The molecule has 1 aromatic carbocycles. The van der Waals surface area contributed by atoms with E-state index in [-0.39, 0.29) is 17.5 Å². The molecule has 1 aliphatic heterocycles. The van der Waals surface area contributed by atoms with Crippen LogP contribution >= 0.6 is 0 Å². The molecule has 0 spiro atoms. The molecule has 9 heteroatoms. The van der Waals surface area contributed by atoms with Gasteiger partial charge in [-0.1, -0.05) is 12.8 Å². The summed E-state index contributed by atoms with van der Waals surface area (Å²) in [6, 6.07) is 1.46. The van der Waals surface area contributed by atoms with Crippen molar-refractivity contribution in [1.29, 1.82) is 0 Å². The van der Waals surface area contributed by atoms with Gasteiger partial charge >= 0.3 is 5.97 Å². The molecule has 0 aromatic heterocycles. The SMILES string of the molecule is C[C@H](OC(=O)[C@H](C)N1C(=O)[C@H]2CCCC[C@@H]2C1=O)C(=O)Nc1ccc(F)cc1F. The molecule has 1 aromatic rings. The average molecular weight is 408 g/mol. The molecule has 2 fully saturated rings. The summed E-state index contributed by atoms with van der Waals surface area (Å²) in [4.78, 5) is 50.7. The zero-order valence-electron chi connectivity index (χ0n) is 16.1. The number of hydrogen-bond acceptors (Lipinski definition) is 5. The Morgan fingerprint density at radius 2 is 1.69 bits per heavy atom. The second kappa shape index (κ2) is 8.26. The molecule has 3 amide bonds. The number of benzene rings is 1. The second-order valence-electron chi connectivity index (χ2n) is 7.41. The number of likely N-dealkylation sites (tertiary alicyclic amines) is 1. The van der Waals surface area contributed by atoms with Crippen LogP contribution in [-0.2, 0) is 23.9 Å².